The monoisotopic (exact) mass is 289 g/mol. The van der Waals surface area contributed by atoms with E-state index in [0.29, 0.717) is 0 Å². The van der Waals surface area contributed by atoms with Gasteiger partial charge in [0.05, 0.1) is 11.4 Å². The second-order valence-electron chi connectivity index (χ2n) is 4.02. The van der Waals surface area contributed by atoms with E-state index in [0.717, 1.165) is 16.4 Å². The molecule has 0 unspecified atom stereocenters. The zero-order valence-corrected chi connectivity index (χ0v) is 11.5. The van der Waals surface area contributed by atoms with Crippen LogP contribution in [-0.2, 0) is 14.8 Å². The fourth-order valence-electron chi connectivity index (χ4n) is 1.62. The van der Waals surface area contributed by atoms with Gasteiger partial charge in [0, 0.05) is 17.8 Å². The first kappa shape index (κ1) is 15.4. The van der Waals surface area contributed by atoms with Gasteiger partial charge in [-0.2, -0.15) is 4.31 Å². The molecule has 19 heavy (non-hydrogen) atoms. The summed E-state index contributed by atoms with van der Waals surface area (Å²) in [7, 11) is -4.01. The van der Waals surface area contributed by atoms with Crippen LogP contribution in [0.25, 0.3) is 0 Å². The highest BCUT2D eigenvalue weighted by molar-refractivity contribution is 7.89. The molecule has 0 bridgehead atoms. The number of amides is 1. The topological polar surface area (TPSA) is 106 Å². The number of hydrogen-bond donors (Lipinski definition) is 2. The molecule has 0 heterocycles. The second kappa shape index (κ2) is 5.54. The number of nitrogens with two attached hydrogens (primary N) is 2. The van der Waals surface area contributed by atoms with Crippen LogP contribution in [0.2, 0.25) is 0 Å². The van der Waals surface area contributed by atoms with Crippen LogP contribution in [0.15, 0.2) is 17.0 Å². The van der Waals surface area contributed by atoms with Crippen molar-refractivity contribution in [1.29, 1.82) is 0 Å². The highest BCUT2D eigenvalue weighted by Crippen LogP contribution is 2.24. The number of likely N-dealkylation sites (N-methyl/N-ethyl adjacent to an activating group) is 1. The molecule has 106 valence electrons. The normalized spacial score (nSPS) is 11.8. The molecule has 0 aliphatic rings. The van der Waals surface area contributed by atoms with E-state index in [1.807, 2.05) is 0 Å². The van der Waals surface area contributed by atoms with E-state index in [2.05, 4.69) is 0 Å². The molecule has 0 spiro atoms. The number of halogens is 1. The third kappa shape index (κ3) is 3.21. The largest absolute Gasteiger partial charge is 0.399 e. The molecular weight excluding hydrogens is 273 g/mol. The number of sulfonamides is 1. The Labute approximate surface area is 111 Å². The number of nitrogens with zero attached hydrogens (tertiary/aromatic N) is 1. The van der Waals surface area contributed by atoms with Gasteiger partial charge in [0.1, 0.15) is 5.82 Å². The predicted molar refractivity (Wildman–Crippen MR) is 69.2 cm³/mol. The summed E-state index contributed by atoms with van der Waals surface area (Å²) in [4.78, 5) is 10.6. The van der Waals surface area contributed by atoms with Gasteiger partial charge in [-0.15, -0.1) is 0 Å². The van der Waals surface area contributed by atoms with Gasteiger partial charge in [-0.3, -0.25) is 4.79 Å². The van der Waals surface area contributed by atoms with E-state index < -0.39 is 28.3 Å². The molecule has 6 nitrogen and oxygen atoms in total. The van der Waals surface area contributed by atoms with Crippen molar-refractivity contribution >= 4 is 21.6 Å². The first-order valence-corrected chi connectivity index (χ1v) is 6.98. The summed E-state index contributed by atoms with van der Waals surface area (Å²) in [6.45, 7) is 2.47. The zero-order chi connectivity index (χ0) is 14.8. The molecule has 0 saturated carbocycles. The summed E-state index contributed by atoms with van der Waals surface area (Å²) >= 11 is 0. The molecule has 1 amide bonds. The smallest absolute Gasteiger partial charge is 0.243 e. The van der Waals surface area contributed by atoms with Crippen molar-refractivity contribution in [1.82, 2.24) is 4.31 Å². The summed E-state index contributed by atoms with van der Waals surface area (Å²) in [5.41, 5.74) is 10.4. The number of anilines is 1. The van der Waals surface area contributed by atoms with E-state index >= 15 is 0 Å². The molecular formula is C11H16FN3O3S. The highest BCUT2D eigenvalue weighted by atomic mass is 32.2. The summed E-state index contributed by atoms with van der Waals surface area (Å²) in [6, 6.07) is 2.20. The first-order valence-electron chi connectivity index (χ1n) is 5.54. The van der Waals surface area contributed by atoms with Crippen LogP contribution in [0, 0.1) is 12.7 Å². The molecule has 1 aromatic rings. The summed E-state index contributed by atoms with van der Waals surface area (Å²) in [5.74, 6) is -1.50. The zero-order valence-electron chi connectivity index (χ0n) is 10.7. The van der Waals surface area contributed by atoms with E-state index in [4.69, 9.17) is 11.5 Å². The Balaban J connectivity index is 3.37. The fraction of sp³-hybridized carbons (Fsp3) is 0.364. The minimum atomic E-state index is -4.01. The van der Waals surface area contributed by atoms with Gasteiger partial charge in [0.2, 0.25) is 15.9 Å². The maximum Gasteiger partial charge on any atom is 0.243 e. The lowest BCUT2D eigenvalue weighted by Gasteiger charge is -2.20. The molecule has 1 aromatic carbocycles. The molecule has 8 heteroatoms. The first-order chi connectivity index (χ1) is 8.70. The van der Waals surface area contributed by atoms with Crippen molar-refractivity contribution < 1.29 is 17.6 Å². The third-order valence-corrected chi connectivity index (χ3v) is 4.67. The van der Waals surface area contributed by atoms with Crippen LogP contribution >= 0.6 is 0 Å². The van der Waals surface area contributed by atoms with E-state index in [-0.39, 0.29) is 22.7 Å². The van der Waals surface area contributed by atoms with Gasteiger partial charge in [0.15, 0.2) is 0 Å². The molecule has 0 aliphatic heterocycles. The molecule has 4 N–H and O–H groups in total. The molecule has 0 aliphatic carbocycles. The second-order valence-corrected chi connectivity index (χ2v) is 5.93. The highest BCUT2D eigenvalue weighted by Gasteiger charge is 2.27. The van der Waals surface area contributed by atoms with Gasteiger partial charge in [0.25, 0.3) is 0 Å². The van der Waals surface area contributed by atoms with Crippen molar-refractivity contribution in [2.75, 3.05) is 18.8 Å². The lowest BCUT2D eigenvalue weighted by Crippen LogP contribution is -2.38. The van der Waals surface area contributed by atoms with E-state index in [1.54, 1.807) is 6.92 Å². The van der Waals surface area contributed by atoms with Crippen molar-refractivity contribution in [3.8, 4) is 0 Å². The number of carbonyl (C=O) groups excluding carboxylic acids is 1. The molecule has 1 rings (SSSR count). The minimum absolute atomic E-state index is 0.00296. The summed E-state index contributed by atoms with van der Waals surface area (Å²) < 4.78 is 39.1. The van der Waals surface area contributed by atoms with Gasteiger partial charge in [-0.05, 0) is 19.1 Å². The Hall–Kier alpha value is -1.67. The number of benzene rings is 1. The average Bonchev–Trinajstić information content (AvgIpc) is 2.30. The fourth-order valence-corrected chi connectivity index (χ4v) is 3.31. The minimum Gasteiger partial charge on any atom is -0.399 e. The SMILES string of the molecule is CCN(CC(N)=O)S(=O)(=O)c1cc(N)cc(F)c1C. The molecule has 0 fully saturated rings. The van der Waals surface area contributed by atoms with Crippen molar-refractivity contribution in [2.24, 2.45) is 5.73 Å². The van der Waals surface area contributed by atoms with Crippen molar-refractivity contribution in [2.45, 2.75) is 18.7 Å². The number of nitrogen functional groups attached to an aromatic ring is 1. The van der Waals surface area contributed by atoms with Crippen molar-refractivity contribution in [3.63, 3.8) is 0 Å². The molecule has 0 radical (unpaired) electrons. The van der Waals surface area contributed by atoms with Crippen LogP contribution in [0.3, 0.4) is 0 Å². The van der Waals surface area contributed by atoms with E-state index in [1.165, 1.54) is 6.92 Å². The lowest BCUT2D eigenvalue weighted by molar-refractivity contribution is -0.118. The van der Waals surface area contributed by atoms with Gasteiger partial charge >= 0.3 is 0 Å². The molecule has 0 saturated heterocycles. The van der Waals surface area contributed by atoms with E-state index in [9.17, 15) is 17.6 Å². The maximum absolute atomic E-state index is 13.5. The van der Waals surface area contributed by atoms with Crippen molar-refractivity contribution in [3.05, 3.63) is 23.5 Å². The summed E-state index contributed by atoms with van der Waals surface area (Å²) in [5, 5.41) is 0. The van der Waals surface area contributed by atoms with Gasteiger partial charge < -0.3 is 11.5 Å². The standard InChI is InChI=1S/C11H16FN3O3S/c1-3-15(6-11(14)16)19(17,18)10-5-8(13)4-9(12)7(10)2/h4-5H,3,6,13H2,1-2H3,(H2,14,16). The number of primary amides is 1. The van der Waals surface area contributed by atoms with Crippen LogP contribution < -0.4 is 11.5 Å². The van der Waals surface area contributed by atoms with Crippen LogP contribution in [0.4, 0.5) is 10.1 Å². The Bertz CT molecular complexity index is 601. The number of hydrogen-bond acceptors (Lipinski definition) is 4. The van der Waals surface area contributed by atoms with Crippen LogP contribution in [0.5, 0.6) is 0 Å². The average molecular weight is 289 g/mol. The Morgan fingerprint density at radius 2 is 2.00 bits per heavy atom. The van der Waals surface area contributed by atoms with Gasteiger partial charge in [-0.1, -0.05) is 6.92 Å². The number of carbonyl (C=O) groups is 1. The Morgan fingerprint density at radius 1 is 1.42 bits per heavy atom. The predicted octanol–water partition coefficient (Wildman–Crippen LogP) is 0.212. The van der Waals surface area contributed by atoms with Gasteiger partial charge in [-0.25, -0.2) is 12.8 Å². The number of rotatable bonds is 5. The van der Waals surface area contributed by atoms with Crippen LogP contribution in [-0.4, -0.2) is 31.7 Å². The molecule has 0 atom stereocenters. The Morgan fingerprint density at radius 3 is 2.47 bits per heavy atom. The third-order valence-electron chi connectivity index (χ3n) is 2.62. The maximum atomic E-state index is 13.5. The molecule has 0 aromatic heterocycles. The Kier molecular flexibility index (Phi) is 4.48. The quantitative estimate of drug-likeness (QED) is 0.756. The lowest BCUT2D eigenvalue weighted by atomic mass is 10.2. The summed E-state index contributed by atoms with van der Waals surface area (Å²) in [6.07, 6.45) is 0. The van der Waals surface area contributed by atoms with Crippen LogP contribution in [0.1, 0.15) is 12.5 Å².